The molecule has 0 saturated heterocycles. The van der Waals surface area contributed by atoms with E-state index < -0.39 is 0 Å². The van der Waals surface area contributed by atoms with Crippen LogP contribution in [0.25, 0.3) is 0 Å². The van der Waals surface area contributed by atoms with E-state index in [9.17, 15) is 4.39 Å². The van der Waals surface area contributed by atoms with Gasteiger partial charge in [0.25, 0.3) is 0 Å². The zero-order chi connectivity index (χ0) is 14.3. The lowest BCUT2D eigenvalue weighted by Crippen LogP contribution is -2.23. The van der Waals surface area contributed by atoms with Gasteiger partial charge in [-0.05, 0) is 12.0 Å². The maximum absolute atomic E-state index is 14.2. The van der Waals surface area contributed by atoms with E-state index in [0.717, 1.165) is 19.4 Å². The first-order chi connectivity index (χ1) is 9.08. The van der Waals surface area contributed by atoms with Gasteiger partial charge in [0.1, 0.15) is 0 Å². The van der Waals surface area contributed by atoms with Crippen molar-refractivity contribution in [3.8, 4) is 0 Å². The molecule has 4 heteroatoms. The third-order valence-electron chi connectivity index (χ3n) is 3.38. The fraction of sp³-hybridized carbons (Fsp3) is 0.667. The summed E-state index contributed by atoms with van der Waals surface area (Å²) in [6.07, 6.45) is 3.86. The summed E-state index contributed by atoms with van der Waals surface area (Å²) >= 11 is 0. The van der Waals surface area contributed by atoms with Crippen LogP contribution in [0.2, 0.25) is 0 Å². The summed E-state index contributed by atoms with van der Waals surface area (Å²) in [6, 6.07) is 2.07. The number of halogens is 1. The average Bonchev–Trinajstić information content (AvgIpc) is 2.40. The minimum absolute atomic E-state index is 0.235. The second kappa shape index (κ2) is 8.10. The monoisotopic (exact) mass is 267 g/mol. The van der Waals surface area contributed by atoms with Gasteiger partial charge in [-0.2, -0.15) is 0 Å². The Morgan fingerprint density at radius 1 is 1.26 bits per heavy atom. The van der Waals surface area contributed by atoms with Crippen molar-refractivity contribution in [2.75, 3.05) is 11.9 Å². The van der Waals surface area contributed by atoms with Crippen LogP contribution in [-0.2, 0) is 6.54 Å². The number of pyridine rings is 1. The van der Waals surface area contributed by atoms with Crippen LogP contribution in [0.15, 0.2) is 12.3 Å². The Labute approximate surface area is 116 Å². The molecule has 0 fully saturated rings. The predicted molar refractivity (Wildman–Crippen MR) is 78.7 cm³/mol. The number of rotatable bonds is 8. The van der Waals surface area contributed by atoms with Gasteiger partial charge in [0.15, 0.2) is 11.6 Å². The zero-order valence-corrected chi connectivity index (χ0v) is 12.5. The van der Waals surface area contributed by atoms with Crippen LogP contribution in [0.5, 0.6) is 0 Å². The van der Waals surface area contributed by atoms with Crippen molar-refractivity contribution in [1.82, 2.24) is 10.3 Å². The fourth-order valence-corrected chi connectivity index (χ4v) is 1.88. The molecule has 19 heavy (non-hydrogen) atoms. The van der Waals surface area contributed by atoms with Gasteiger partial charge < -0.3 is 10.6 Å². The van der Waals surface area contributed by atoms with E-state index in [1.165, 1.54) is 0 Å². The van der Waals surface area contributed by atoms with Crippen molar-refractivity contribution in [2.24, 2.45) is 5.92 Å². The highest BCUT2D eigenvalue weighted by molar-refractivity contribution is 5.39. The molecule has 108 valence electrons. The van der Waals surface area contributed by atoms with Gasteiger partial charge in [-0.3, -0.25) is 0 Å². The number of nitrogens with zero attached hydrogens (tertiary/aromatic N) is 1. The molecule has 0 radical (unpaired) electrons. The quantitative estimate of drug-likeness (QED) is 0.756. The highest BCUT2D eigenvalue weighted by atomic mass is 19.1. The summed E-state index contributed by atoms with van der Waals surface area (Å²) in [5.74, 6) is 0.704. The summed E-state index contributed by atoms with van der Waals surface area (Å²) in [4.78, 5) is 4.09. The molecule has 2 N–H and O–H groups in total. The minimum Gasteiger partial charge on any atom is -0.367 e. The minimum atomic E-state index is -0.235. The topological polar surface area (TPSA) is 37.0 Å². The van der Waals surface area contributed by atoms with Gasteiger partial charge in [-0.1, -0.05) is 40.5 Å². The van der Waals surface area contributed by atoms with E-state index in [1.54, 1.807) is 12.3 Å². The van der Waals surface area contributed by atoms with E-state index in [2.05, 4.69) is 29.5 Å². The molecule has 1 aromatic rings. The molecule has 0 aromatic carbocycles. The number of nitrogens with one attached hydrogen (secondary N) is 2. The Balaban J connectivity index is 2.66. The zero-order valence-electron chi connectivity index (χ0n) is 12.5. The van der Waals surface area contributed by atoms with E-state index in [4.69, 9.17) is 0 Å². The molecule has 1 aromatic heterocycles. The molecule has 3 nitrogen and oxygen atoms in total. The summed E-state index contributed by atoms with van der Waals surface area (Å²) in [6.45, 7) is 9.71. The number of hydrogen-bond donors (Lipinski definition) is 2. The van der Waals surface area contributed by atoms with Crippen molar-refractivity contribution in [2.45, 2.75) is 53.1 Å². The van der Waals surface area contributed by atoms with Crippen LogP contribution in [0, 0.1) is 11.7 Å². The summed E-state index contributed by atoms with van der Waals surface area (Å²) < 4.78 is 14.2. The molecule has 0 aliphatic heterocycles. The first kappa shape index (κ1) is 15.9. The molecule has 0 aliphatic carbocycles. The van der Waals surface area contributed by atoms with Crippen LogP contribution in [0.3, 0.4) is 0 Å². The lowest BCUT2D eigenvalue weighted by molar-refractivity contribution is 0.513. The van der Waals surface area contributed by atoms with E-state index in [1.807, 2.05) is 13.8 Å². The summed E-state index contributed by atoms with van der Waals surface area (Å²) in [7, 11) is 0. The van der Waals surface area contributed by atoms with E-state index in [-0.39, 0.29) is 5.82 Å². The second-order valence-electron chi connectivity index (χ2n) is 5.23. The van der Waals surface area contributed by atoms with Gasteiger partial charge in [-0.25, -0.2) is 9.37 Å². The predicted octanol–water partition coefficient (Wildman–Crippen LogP) is 3.57. The number of aromatic nitrogens is 1. The van der Waals surface area contributed by atoms with Gasteiger partial charge >= 0.3 is 0 Å². The van der Waals surface area contributed by atoms with Crippen molar-refractivity contribution in [3.05, 3.63) is 23.6 Å². The Hall–Kier alpha value is -1.16. The normalized spacial score (nSPS) is 11.3. The molecule has 0 unspecified atom stereocenters. The lowest BCUT2D eigenvalue weighted by atomic mass is 10.0. The van der Waals surface area contributed by atoms with E-state index in [0.29, 0.717) is 29.9 Å². The largest absolute Gasteiger partial charge is 0.367 e. The fourth-order valence-electron chi connectivity index (χ4n) is 1.88. The highest BCUT2D eigenvalue weighted by Gasteiger charge is 2.11. The molecular formula is C15H26FN3. The molecule has 0 spiro atoms. The highest BCUT2D eigenvalue weighted by Crippen LogP contribution is 2.16. The first-order valence-electron chi connectivity index (χ1n) is 7.19. The van der Waals surface area contributed by atoms with Gasteiger partial charge in [-0.15, -0.1) is 0 Å². The Morgan fingerprint density at radius 2 is 1.95 bits per heavy atom. The molecule has 1 heterocycles. The smallest absolute Gasteiger partial charge is 0.169 e. The first-order valence-corrected chi connectivity index (χ1v) is 7.19. The van der Waals surface area contributed by atoms with Crippen molar-refractivity contribution >= 4 is 5.82 Å². The standard InChI is InChI=1S/C15H26FN3/c1-5-12(6-2)9-19-15-14(16)13(7-8-17-15)10-18-11(3)4/h7-8,11-12,18H,5-6,9-10H2,1-4H3,(H,17,19). The lowest BCUT2D eigenvalue weighted by Gasteiger charge is -2.15. The number of anilines is 1. The number of hydrogen-bond acceptors (Lipinski definition) is 3. The van der Waals surface area contributed by atoms with Crippen LogP contribution in [0.4, 0.5) is 10.2 Å². The second-order valence-corrected chi connectivity index (χ2v) is 5.23. The van der Waals surface area contributed by atoms with Crippen LogP contribution >= 0.6 is 0 Å². The third kappa shape index (κ3) is 5.15. The Kier molecular flexibility index (Phi) is 6.78. The Bertz CT molecular complexity index is 376. The van der Waals surface area contributed by atoms with Crippen LogP contribution in [-0.4, -0.2) is 17.6 Å². The van der Waals surface area contributed by atoms with Crippen LogP contribution in [0.1, 0.15) is 46.1 Å². The Morgan fingerprint density at radius 3 is 2.53 bits per heavy atom. The average molecular weight is 267 g/mol. The summed E-state index contributed by atoms with van der Waals surface area (Å²) in [5, 5.41) is 6.35. The molecule has 1 rings (SSSR count). The van der Waals surface area contributed by atoms with Gasteiger partial charge in [0.05, 0.1) is 0 Å². The molecule has 0 amide bonds. The molecule has 0 atom stereocenters. The maximum atomic E-state index is 14.2. The third-order valence-corrected chi connectivity index (χ3v) is 3.38. The molecular weight excluding hydrogens is 241 g/mol. The maximum Gasteiger partial charge on any atom is 0.169 e. The SMILES string of the molecule is CCC(CC)CNc1nccc(CNC(C)C)c1F. The van der Waals surface area contributed by atoms with Crippen molar-refractivity contribution in [1.29, 1.82) is 0 Å². The van der Waals surface area contributed by atoms with Gasteiger partial charge in [0.2, 0.25) is 0 Å². The van der Waals surface area contributed by atoms with Crippen LogP contribution < -0.4 is 10.6 Å². The van der Waals surface area contributed by atoms with Crippen molar-refractivity contribution in [3.63, 3.8) is 0 Å². The molecule has 0 saturated carbocycles. The van der Waals surface area contributed by atoms with Crippen molar-refractivity contribution < 1.29 is 4.39 Å². The van der Waals surface area contributed by atoms with E-state index >= 15 is 0 Å². The van der Waals surface area contributed by atoms with Gasteiger partial charge in [0, 0.05) is 30.9 Å². The summed E-state index contributed by atoms with van der Waals surface area (Å²) in [5.41, 5.74) is 0.663. The molecule has 0 bridgehead atoms. The molecule has 0 aliphatic rings.